The minimum atomic E-state index is 1.03. The van der Waals surface area contributed by atoms with Crippen molar-refractivity contribution >= 4 is 43.7 Å². The summed E-state index contributed by atoms with van der Waals surface area (Å²) < 4.78 is 2.35. The average Bonchev–Trinajstić information content (AvgIpc) is 3.23. The third-order valence-corrected chi connectivity index (χ3v) is 5.42. The lowest BCUT2D eigenvalue weighted by Gasteiger charge is -2.07. The Morgan fingerprint density at radius 1 is 0.815 bits per heavy atom. The highest BCUT2D eigenvalue weighted by Crippen LogP contribution is 2.38. The molecule has 0 aliphatic carbocycles. The van der Waals surface area contributed by atoms with E-state index in [4.69, 9.17) is 0 Å². The van der Waals surface area contributed by atoms with Gasteiger partial charge in [-0.1, -0.05) is 29.8 Å². The first-order chi connectivity index (χ1) is 13.3. The van der Waals surface area contributed by atoms with E-state index in [-0.39, 0.29) is 0 Å². The minimum absolute atomic E-state index is 1.03. The number of hydrogen-bond donors (Lipinski definition) is 1. The Bertz CT molecular complexity index is 1470. The number of fused-ring (bicyclic) bond motifs is 7. The standard InChI is InChI=1S/C24H17N3/c1-15-9-11-20-18(14-15)22-21(27(20)16-6-3-2-4-7-16)12-10-17-23-19(26-24(17)22)8-5-13-25-23/h2-14,26H,1H3. The van der Waals surface area contributed by atoms with Crippen LogP contribution in [0.1, 0.15) is 5.56 Å². The number of hydrogen-bond acceptors (Lipinski definition) is 1. The molecule has 1 N–H and O–H groups in total. The smallest absolute Gasteiger partial charge is 0.0957 e. The summed E-state index contributed by atoms with van der Waals surface area (Å²) in [4.78, 5) is 8.22. The van der Waals surface area contributed by atoms with Crippen molar-refractivity contribution in [1.29, 1.82) is 0 Å². The Morgan fingerprint density at radius 3 is 2.56 bits per heavy atom. The van der Waals surface area contributed by atoms with Gasteiger partial charge < -0.3 is 9.55 Å². The molecule has 0 bridgehead atoms. The summed E-state index contributed by atoms with van der Waals surface area (Å²) in [6.45, 7) is 2.15. The van der Waals surface area contributed by atoms with Crippen LogP contribution in [-0.2, 0) is 0 Å². The number of nitrogens with zero attached hydrogens (tertiary/aromatic N) is 2. The van der Waals surface area contributed by atoms with Crippen molar-refractivity contribution in [2.45, 2.75) is 6.92 Å². The van der Waals surface area contributed by atoms with Crippen LogP contribution in [0.25, 0.3) is 49.4 Å². The van der Waals surface area contributed by atoms with Crippen molar-refractivity contribution in [3.05, 3.63) is 84.6 Å². The van der Waals surface area contributed by atoms with Crippen molar-refractivity contribution in [1.82, 2.24) is 14.5 Å². The number of pyridine rings is 1. The van der Waals surface area contributed by atoms with Crippen LogP contribution in [0.5, 0.6) is 0 Å². The third kappa shape index (κ3) is 1.94. The molecule has 0 amide bonds. The molecule has 3 aromatic heterocycles. The Balaban J connectivity index is 1.89. The van der Waals surface area contributed by atoms with Gasteiger partial charge in [0.05, 0.1) is 27.6 Å². The van der Waals surface area contributed by atoms with E-state index in [1.165, 1.54) is 38.4 Å². The van der Waals surface area contributed by atoms with Crippen LogP contribution in [0.3, 0.4) is 0 Å². The summed E-state index contributed by atoms with van der Waals surface area (Å²) in [6, 6.07) is 25.7. The number of para-hydroxylation sites is 1. The molecule has 3 heterocycles. The zero-order chi connectivity index (χ0) is 18.0. The minimum Gasteiger partial charge on any atom is -0.353 e. The van der Waals surface area contributed by atoms with Gasteiger partial charge in [-0.2, -0.15) is 0 Å². The number of aryl methyl sites for hydroxylation is 1. The molecule has 0 radical (unpaired) electrons. The molecule has 27 heavy (non-hydrogen) atoms. The molecule has 0 atom stereocenters. The monoisotopic (exact) mass is 347 g/mol. The molecule has 0 unspecified atom stereocenters. The molecule has 3 aromatic carbocycles. The van der Waals surface area contributed by atoms with Gasteiger partial charge in [-0.25, -0.2) is 0 Å². The second-order valence-electron chi connectivity index (χ2n) is 7.10. The zero-order valence-corrected chi connectivity index (χ0v) is 14.9. The molecule has 128 valence electrons. The summed E-state index contributed by atoms with van der Waals surface area (Å²) >= 11 is 0. The Labute approximate surface area is 155 Å². The summed E-state index contributed by atoms with van der Waals surface area (Å²) in [5, 5.41) is 3.70. The highest BCUT2D eigenvalue weighted by atomic mass is 15.0. The predicted molar refractivity (Wildman–Crippen MR) is 113 cm³/mol. The van der Waals surface area contributed by atoms with Crippen LogP contribution >= 0.6 is 0 Å². The molecule has 0 saturated carbocycles. The number of H-pyrrole nitrogens is 1. The number of nitrogens with one attached hydrogen (secondary N) is 1. The maximum Gasteiger partial charge on any atom is 0.0957 e. The van der Waals surface area contributed by atoms with Crippen molar-refractivity contribution < 1.29 is 0 Å². The Hall–Kier alpha value is -3.59. The van der Waals surface area contributed by atoms with E-state index in [2.05, 4.69) is 88.2 Å². The van der Waals surface area contributed by atoms with Crippen LogP contribution in [0.4, 0.5) is 0 Å². The van der Waals surface area contributed by atoms with Crippen molar-refractivity contribution in [3.63, 3.8) is 0 Å². The number of benzene rings is 3. The molecule has 6 rings (SSSR count). The van der Waals surface area contributed by atoms with Crippen molar-refractivity contribution in [2.24, 2.45) is 0 Å². The largest absolute Gasteiger partial charge is 0.353 e. The van der Waals surface area contributed by atoms with Crippen LogP contribution in [-0.4, -0.2) is 14.5 Å². The van der Waals surface area contributed by atoms with E-state index in [1.807, 2.05) is 12.3 Å². The Kier molecular flexibility index (Phi) is 2.81. The molecule has 0 aliphatic rings. The van der Waals surface area contributed by atoms with Crippen LogP contribution in [0.15, 0.2) is 79.0 Å². The quantitative estimate of drug-likeness (QED) is 0.382. The van der Waals surface area contributed by atoms with Gasteiger partial charge in [0.15, 0.2) is 0 Å². The molecule has 0 aliphatic heterocycles. The fraction of sp³-hybridized carbons (Fsp3) is 0.0417. The average molecular weight is 347 g/mol. The second-order valence-corrected chi connectivity index (χ2v) is 7.10. The van der Waals surface area contributed by atoms with Gasteiger partial charge in [-0.15, -0.1) is 0 Å². The molecule has 3 heteroatoms. The highest BCUT2D eigenvalue weighted by Gasteiger charge is 2.17. The van der Waals surface area contributed by atoms with Crippen LogP contribution < -0.4 is 0 Å². The molecular weight excluding hydrogens is 330 g/mol. The lowest BCUT2D eigenvalue weighted by molar-refractivity contribution is 1.18. The van der Waals surface area contributed by atoms with Crippen LogP contribution in [0, 0.1) is 6.92 Å². The van der Waals surface area contributed by atoms with Gasteiger partial charge in [-0.05, 0) is 55.5 Å². The molecule has 0 fully saturated rings. The first kappa shape index (κ1) is 14.6. The number of rotatable bonds is 1. The van der Waals surface area contributed by atoms with E-state index in [9.17, 15) is 0 Å². The maximum absolute atomic E-state index is 4.60. The topological polar surface area (TPSA) is 33.6 Å². The molecule has 0 saturated heterocycles. The summed E-state index contributed by atoms with van der Waals surface area (Å²) in [5.74, 6) is 0. The van der Waals surface area contributed by atoms with E-state index in [0.29, 0.717) is 0 Å². The van der Waals surface area contributed by atoms with Gasteiger partial charge >= 0.3 is 0 Å². The van der Waals surface area contributed by atoms with E-state index in [0.717, 1.165) is 16.6 Å². The second kappa shape index (κ2) is 5.21. The fourth-order valence-electron chi connectivity index (χ4n) is 4.26. The lowest BCUT2D eigenvalue weighted by Crippen LogP contribution is -1.92. The van der Waals surface area contributed by atoms with E-state index in [1.54, 1.807) is 0 Å². The lowest BCUT2D eigenvalue weighted by atomic mass is 10.1. The summed E-state index contributed by atoms with van der Waals surface area (Å²) in [5.41, 5.74) is 8.14. The molecule has 6 aromatic rings. The Morgan fingerprint density at radius 2 is 1.67 bits per heavy atom. The molecular formula is C24H17N3. The highest BCUT2D eigenvalue weighted by molar-refractivity contribution is 6.24. The van der Waals surface area contributed by atoms with Gasteiger partial charge in [-0.3, -0.25) is 4.98 Å². The van der Waals surface area contributed by atoms with Crippen LogP contribution in [0.2, 0.25) is 0 Å². The zero-order valence-electron chi connectivity index (χ0n) is 14.9. The number of aromatic nitrogens is 3. The van der Waals surface area contributed by atoms with Gasteiger partial charge in [0.2, 0.25) is 0 Å². The normalized spacial score (nSPS) is 11.9. The predicted octanol–water partition coefficient (Wildman–Crippen LogP) is 6.12. The summed E-state index contributed by atoms with van der Waals surface area (Å²) in [6.07, 6.45) is 1.86. The third-order valence-electron chi connectivity index (χ3n) is 5.42. The van der Waals surface area contributed by atoms with Gasteiger partial charge in [0.25, 0.3) is 0 Å². The van der Waals surface area contributed by atoms with E-state index >= 15 is 0 Å². The summed E-state index contributed by atoms with van der Waals surface area (Å²) in [7, 11) is 0. The van der Waals surface area contributed by atoms with Gasteiger partial charge in [0, 0.05) is 28.0 Å². The van der Waals surface area contributed by atoms with E-state index < -0.39 is 0 Å². The fourth-order valence-corrected chi connectivity index (χ4v) is 4.26. The first-order valence-corrected chi connectivity index (χ1v) is 9.17. The molecule has 0 spiro atoms. The maximum atomic E-state index is 4.60. The van der Waals surface area contributed by atoms with Crippen molar-refractivity contribution in [3.8, 4) is 5.69 Å². The van der Waals surface area contributed by atoms with Gasteiger partial charge in [0.1, 0.15) is 0 Å². The molecule has 3 nitrogen and oxygen atoms in total. The van der Waals surface area contributed by atoms with Crippen molar-refractivity contribution in [2.75, 3.05) is 0 Å². The SMILES string of the molecule is Cc1ccc2c(c1)c1c3[nH]c4cccnc4c3ccc1n2-c1ccccc1. The first-order valence-electron chi connectivity index (χ1n) is 9.17. The number of aromatic amines is 1.